The van der Waals surface area contributed by atoms with Gasteiger partial charge >= 0.3 is 0 Å². The molecule has 0 unspecified atom stereocenters. The van der Waals surface area contributed by atoms with Crippen LogP contribution in [0.5, 0.6) is 5.75 Å². The van der Waals surface area contributed by atoms with E-state index in [2.05, 4.69) is 12.6 Å². The van der Waals surface area contributed by atoms with Crippen LogP contribution in [-0.2, 0) is 6.54 Å². The summed E-state index contributed by atoms with van der Waals surface area (Å²) in [7, 11) is 0. The predicted octanol–water partition coefficient (Wildman–Crippen LogP) is 2.14. The third kappa shape index (κ3) is 2.39. The zero-order valence-electron chi connectivity index (χ0n) is 8.00. The van der Waals surface area contributed by atoms with Gasteiger partial charge in [0, 0.05) is 17.0 Å². The Morgan fingerprint density at radius 3 is 2.69 bits per heavy atom. The largest absolute Gasteiger partial charge is 0.494 e. The molecule has 0 spiro atoms. The highest BCUT2D eigenvalue weighted by Gasteiger charge is 2.04. The van der Waals surface area contributed by atoms with Crippen LogP contribution in [0.25, 0.3) is 0 Å². The molecule has 0 aliphatic heterocycles. The van der Waals surface area contributed by atoms with Gasteiger partial charge in [-0.2, -0.15) is 0 Å². The van der Waals surface area contributed by atoms with Gasteiger partial charge in [0.1, 0.15) is 5.75 Å². The van der Waals surface area contributed by atoms with Gasteiger partial charge in [0.05, 0.1) is 6.61 Å². The minimum absolute atomic E-state index is 0.522. The fourth-order valence-electron chi connectivity index (χ4n) is 1.15. The molecule has 0 aromatic heterocycles. The molecule has 2 nitrogen and oxygen atoms in total. The van der Waals surface area contributed by atoms with E-state index in [-0.39, 0.29) is 0 Å². The van der Waals surface area contributed by atoms with E-state index >= 15 is 0 Å². The van der Waals surface area contributed by atoms with Crippen LogP contribution in [-0.4, -0.2) is 6.61 Å². The van der Waals surface area contributed by atoms with E-state index in [4.69, 9.17) is 10.5 Å². The second-order valence-corrected chi connectivity index (χ2v) is 3.36. The van der Waals surface area contributed by atoms with Crippen LogP contribution in [0.2, 0.25) is 0 Å². The Labute approximate surface area is 84.5 Å². The third-order valence-corrected chi connectivity index (χ3v) is 2.39. The second kappa shape index (κ2) is 4.53. The fraction of sp³-hybridized carbons (Fsp3) is 0.400. The van der Waals surface area contributed by atoms with Crippen molar-refractivity contribution in [3.63, 3.8) is 0 Å². The first-order chi connectivity index (χ1) is 6.19. The van der Waals surface area contributed by atoms with Gasteiger partial charge in [0.15, 0.2) is 0 Å². The molecule has 0 radical (unpaired) electrons. The Morgan fingerprint density at radius 2 is 2.15 bits per heavy atom. The second-order valence-electron chi connectivity index (χ2n) is 2.88. The summed E-state index contributed by atoms with van der Waals surface area (Å²) in [5.41, 5.74) is 7.67. The summed E-state index contributed by atoms with van der Waals surface area (Å²) in [5, 5.41) is 0. The van der Waals surface area contributed by atoms with Crippen molar-refractivity contribution in [3.8, 4) is 5.75 Å². The maximum Gasteiger partial charge on any atom is 0.123 e. The highest BCUT2D eigenvalue weighted by Crippen LogP contribution is 2.26. The number of ether oxygens (including phenoxy) is 1. The number of rotatable bonds is 3. The number of benzene rings is 1. The molecule has 3 heteroatoms. The van der Waals surface area contributed by atoms with Gasteiger partial charge in [-0.3, -0.25) is 0 Å². The van der Waals surface area contributed by atoms with Crippen molar-refractivity contribution in [2.75, 3.05) is 6.61 Å². The van der Waals surface area contributed by atoms with Gasteiger partial charge < -0.3 is 10.5 Å². The third-order valence-electron chi connectivity index (χ3n) is 1.93. The van der Waals surface area contributed by atoms with Gasteiger partial charge in [-0.1, -0.05) is 0 Å². The highest BCUT2D eigenvalue weighted by molar-refractivity contribution is 7.80. The van der Waals surface area contributed by atoms with Crippen LogP contribution < -0.4 is 10.5 Å². The van der Waals surface area contributed by atoms with Crippen LogP contribution in [0, 0.1) is 6.92 Å². The average molecular weight is 197 g/mol. The van der Waals surface area contributed by atoms with Gasteiger partial charge in [-0.25, -0.2) is 0 Å². The van der Waals surface area contributed by atoms with Gasteiger partial charge in [-0.05, 0) is 31.5 Å². The Bertz CT molecular complexity index is 299. The molecule has 1 aromatic rings. The lowest BCUT2D eigenvalue weighted by Gasteiger charge is -2.10. The van der Waals surface area contributed by atoms with Gasteiger partial charge in [-0.15, -0.1) is 12.6 Å². The van der Waals surface area contributed by atoms with E-state index in [9.17, 15) is 0 Å². The summed E-state index contributed by atoms with van der Waals surface area (Å²) in [6, 6.07) is 3.94. The normalized spacial score (nSPS) is 10.2. The first-order valence-electron chi connectivity index (χ1n) is 4.34. The maximum absolute atomic E-state index is 5.54. The summed E-state index contributed by atoms with van der Waals surface area (Å²) < 4.78 is 5.46. The van der Waals surface area contributed by atoms with Crippen molar-refractivity contribution >= 4 is 12.6 Å². The van der Waals surface area contributed by atoms with E-state index in [1.165, 1.54) is 0 Å². The van der Waals surface area contributed by atoms with Crippen molar-refractivity contribution in [3.05, 3.63) is 23.3 Å². The van der Waals surface area contributed by atoms with Crippen molar-refractivity contribution in [2.45, 2.75) is 25.3 Å². The van der Waals surface area contributed by atoms with Crippen LogP contribution in [0.3, 0.4) is 0 Å². The van der Waals surface area contributed by atoms with Gasteiger partial charge in [0.25, 0.3) is 0 Å². The molecule has 1 aromatic carbocycles. The molecule has 0 fully saturated rings. The Morgan fingerprint density at radius 1 is 1.46 bits per heavy atom. The van der Waals surface area contributed by atoms with Crippen LogP contribution >= 0.6 is 12.6 Å². The van der Waals surface area contributed by atoms with Crippen molar-refractivity contribution in [1.82, 2.24) is 0 Å². The smallest absolute Gasteiger partial charge is 0.123 e. The van der Waals surface area contributed by atoms with E-state index in [1.54, 1.807) is 0 Å². The minimum Gasteiger partial charge on any atom is -0.494 e. The molecule has 0 bridgehead atoms. The molecule has 0 atom stereocenters. The number of hydrogen-bond acceptors (Lipinski definition) is 3. The van der Waals surface area contributed by atoms with Crippen molar-refractivity contribution in [2.24, 2.45) is 5.73 Å². The highest BCUT2D eigenvalue weighted by atomic mass is 32.1. The minimum atomic E-state index is 0.522. The monoisotopic (exact) mass is 197 g/mol. The molecule has 0 aliphatic carbocycles. The molecular weight excluding hydrogens is 182 g/mol. The Kier molecular flexibility index (Phi) is 3.63. The van der Waals surface area contributed by atoms with Gasteiger partial charge in [0.2, 0.25) is 0 Å². The summed E-state index contributed by atoms with van der Waals surface area (Å²) in [4.78, 5) is 0.936. The average Bonchev–Trinajstić information content (AvgIpc) is 2.13. The molecule has 0 saturated carbocycles. The van der Waals surface area contributed by atoms with E-state index in [0.717, 1.165) is 21.8 Å². The van der Waals surface area contributed by atoms with E-state index in [1.807, 2.05) is 26.0 Å². The Balaban J connectivity index is 3.09. The molecule has 72 valence electrons. The summed E-state index contributed by atoms with van der Waals surface area (Å²) in [6.07, 6.45) is 0. The molecule has 0 heterocycles. The zero-order chi connectivity index (χ0) is 9.84. The van der Waals surface area contributed by atoms with Crippen molar-refractivity contribution < 1.29 is 4.74 Å². The Hall–Kier alpha value is -0.670. The quantitative estimate of drug-likeness (QED) is 0.728. The maximum atomic E-state index is 5.54. The predicted molar refractivity (Wildman–Crippen MR) is 57.5 cm³/mol. The standard InChI is InChI=1S/C10H15NOS/c1-3-12-9-4-8(6-11)5-10(13)7(9)2/h4-5,13H,3,6,11H2,1-2H3. The lowest BCUT2D eigenvalue weighted by atomic mass is 10.1. The number of nitrogens with two attached hydrogens (primary N) is 1. The molecule has 0 aliphatic rings. The van der Waals surface area contributed by atoms with Crippen LogP contribution in [0.1, 0.15) is 18.1 Å². The first-order valence-corrected chi connectivity index (χ1v) is 4.79. The summed E-state index contributed by atoms with van der Waals surface area (Å²) in [6.45, 7) is 5.15. The fourth-order valence-corrected chi connectivity index (χ4v) is 1.43. The van der Waals surface area contributed by atoms with E-state index in [0.29, 0.717) is 13.2 Å². The van der Waals surface area contributed by atoms with E-state index < -0.39 is 0 Å². The molecule has 0 amide bonds. The van der Waals surface area contributed by atoms with Crippen LogP contribution in [0.4, 0.5) is 0 Å². The summed E-state index contributed by atoms with van der Waals surface area (Å²) in [5.74, 6) is 0.885. The molecule has 1 rings (SSSR count). The molecule has 0 saturated heterocycles. The first kappa shape index (κ1) is 10.4. The number of hydrogen-bond donors (Lipinski definition) is 2. The summed E-state index contributed by atoms with van der Waals surface area (Å²) >= 11 is 4.35. The molecule has 2 N–H and O–H groups in total. The van der Waals surface area contributed by atoms with Crippen LogP contribution in [0.15, 0.2) is 17.0 Å². The molecule has 13 heavy (non-hydrogen) atoms. The molecular formula is C10H15NOS. The SMILES string of the molecule is CCOc1cc(CN)cc(S)c1C. The van der Waals surface area contributed by atoms with Crippen molar-refractivity contribution in [1.29, 1.82) is 0 Å². The topological polar surface area (TPSA) is 35.2 Å². The lowest BCUT2D eigenvalue weighted by molar-refractivity contribution is 0.336. The lowest BCUT2D eigenvalue weighted by Crippen LogP contribution is -2.00. The zero-order valence-corrected chi connectivity index (χ0v) is 8.90. The number of thiol groups is 1.